The number of ether oxygens (including phenoxy) is 1. The molecule has 7 heteroatoms. The van der Waals surface area contributed by atoms with E-state index in [-0.39, 0.29) is 18.4 Å². The molecule has 26 heavy (non-hydrogen) atoms. The Morgan fingerprint density at radius 1 is 1.12 bits per heavy atom. The summed E-state index contributed by atoms with van der Waals surface area (Å²) in [7, 11) is 0. The average Bonchev–Trinajstić information content (AvgIpc) is 2.61. The van der Waals surface area contributed by atoms with Gasteiger partial charge < -0.3 is 15.0 Å². The lowest BCUT2D eigenvalue weighted by Crippen LogP contribution is -2.52. The van der Waals surface area contributed by atoms with E-state index in [0.29, 0.717) is 24.7 Å². The SMILES string of the molecule is CC(C)(C)C(=O)NCC(=O)N1CCN(CCOc2ccc(Cl)cc2)CC1. The third kappa shape index (κ3) is 6.50. The van der Waals surface area contributed by atoms with Crippen LogP contribution in [0.25, 0.3) is 0 Å². The second-order valence-corrected chi connectivity index (χ2v) is 7.89. The number of carbonyl (C=O) groups is 2. The fraction of sp³-hybridized carbons (Fsp3) is 0.579. The number of hydrogen-bond acceptors (Lipinski definition) is 4. The Morgan fingerprint density at radius 2 is 1.73 bits per heavy atom. The molecule has 0 saturated carbocycles. The minimum Gasteiger partial charge on any atom is -0.492 e. The normalized spacial score (nSPS) is 15.6. The third-order valence-corrected chi connectivity index (χ3v) is 4.55. The smallest absolute Gasteiger partial charge is 0.242 e. The van der Waals surface area contributed by atoms with E-state index in [1.807, 2.05) is 32.9 Å². The van der Waals surface area contributed by atoms with Gasteiger partial charge in [-0.25, -0.2) is 0 Å². The lowest BCUT2D eigenvalue weighted by molar-refractivity contribution is -0.136. The lowest BCUT2D eigenvalue weighted by atomic mass is 9.96. The van der Waals surface area contributed by atoms with Gasteiger partial charge in [-0.2, -0.15) is 0 Å². The number of carbonyl (C=O) groups excluding carboxylic acids is 2. The average molecular weight is 382 g/mol. The number of rotatable bonds is 6. The second-order valence-electron chi connectivity index (χ2n) is 7.46. The minimum atomic E-state index is -0.483. The summed E-state index contributed by atoms with van der Waals surface area (Å²) in [6, 6.07) is 7.31. The zero-order valence-corrected chi connectivity index (χ0v) is 16.5. The van der Waals surface area contributed by atoms with Gasteiger partial charge in [0.2, 0.25) is 11.8 Å². The Labute approximate surface area is 160 Å². The molecule has 0 bridgehead atoms. The fourth-order valence-corrected chi connectivity index (χ4v) is 2.70. The molecular formula is C19H28ClN3O3. The van der Waals surface area contributed by atoms with Gasteiger partial charge in [0, 0.05) is 43.2 Å². The molecule has 1 fully saturated rings. The molecule has 1 N–H and O–H groups in total. The first kappa shape index (κ1) is 20.5. The first-order chi connectivity index (χ1) is 12.3. The Balaban J connectivity index is 1.64. The summed E-state index contributed by atoms with van der Waals surface area (Å²) in [4.78, 5) is 28.1. The topological polar surface area (TPSA) is 61.9 Å². The molecule has 0 aromatic heterocycles. The maximum absolute atomic E-state index is 12.2. The Hall–Kier alpha value is -1.79. The maximum Gasteiger partial charge on any atom is 0.242 e. The monoisotopic (exact) mass is 381 g/mol. The first-order valence-corrected chi connectivity index (χ1v) is 9.30. The summed E-state index contributed by atoms with van der Waals surface area (Å²) in [6.07, 6.45) is 0. The highest BCUT2D eigenvalue weighted by atomic mass is 35.5. The van der Waals surface area contributed by atoms with E-state index in [1.54, 1.807) is 17.0 Å². The summed E-state index contributed by atoms with van der Waals surface area (Å²) in [5.41, 5.74) is -0.483. The van der Waals surface area contributed by atoms with E-state index in [0.717, 1.165) is 25.4 Å². The summed E-state index contributed by atoms with van der Waals surface area (Å²) in [5.74, 6) is 0.668. The largest absolute Gasteiger partial charge is 0.492 e. The van der Waals surface area contributed by atoms with Crippen LogP contribution in [-0.2, 0) is 9.59 Å². The van der Waals surface area contributed by atoms with E-state index in [9.17, 15) is 9.59 Å². The lowest BCUT2D eigenvalue weighted by Gasteiger charge is -2.34. The fourth-order valence-electron chi connectivity index (χ4n) is 2.58. The number of nitrogens with one attached hydrogen (secondary N) is 1. The van der Waals surface area contributed by atoms with Crippen molar-refractivity contribution in [3.05, 3.63) is 29.3 Å². The number of amides is 2. The summed E-state index contributed by atoms with van der Waals surface area (Å²) < 4.78 is 5.71. The Bertz CT molecular complexity index is 605. The number of hydrogen-bond donors (Lipinski definition) is 1. The third-order valence-electron chi connectivity index (χ3n) is 4.30. The van der Waals surface area contributed by atoms with E-state index >= 15 is 0 Å². The highest BCUT2D eigenvalue weighted by Crippen LogP contribution is 2.15. The number of halogens is 1. The molecule has 1 aliphatic rings. The molecule has 144 valence electrons. The van der Waals surface area contributed by atoms with Crippen LogP contribution in [0.4, 0.5) is 0 Å². The first-order valence-electron chi connectivity index (χ1n) is 8.92. The predicted molar refractivity (Wildman–Crippen MR) is 102 cm³/mol. The van der Waals surface area contributed by atoms with Gasteiger partial charge in [-0.1, -0.05) is 32.4 Å². The zero-order valence-electron chi connectivity index (χ0n) is 15.8. The Kier molecular flexibility index (Phi) is 7.29. The second kappa shape index (κ2) is 9.24. The highest BCUT2D eigenvalue weighted by Gasteiger charge is 2.24. The van der Waals surface area contributed by atoms with E-state index in [1.165, 1.54) is 0 Å². The van der Waals surface area contributed by atoms with E-state index < -0.39 is 5.41 Å². The van der Waals surface area contributed by atoms with Crippen LogP contribution < -0.4 is 10.1 Å². The van der Waals surface area contributed by atoms with Crippen LogP contribution in [-0.4, -0.2) is 67.5 Å². The van der Waals surface area contributed by atoms with Gasteiger partial charge in [0.25, 0.3) is 0 Å². The molecule has 1 aromatic rings. The molecule has 0 aliphatic carbocycles. The van der Waals surface area contributed by atoms with Gasteiger partial charge in [0.05, 0.1) is 6.54 Å². The number of benzene rings is 1. The van der Waals surface area contributed by atoms with Crippen LogP contribution in [0.3, 0.4) is 0 Å². The molecule has 2 rings (SSSR count). The van der Waals surface area contributed by atoms with Gasteiger partial charge in [-0.3, -0.25) is 14.5 Å². The molecule has 0 unspecified atom stereocenters. The molecule has 1 saturated heterocycles. The van der Waals surface area contributed by atoms with Crippen LogP contribution in [0.2, 0.25) is 5.02 Å². The minimum absolute atomic E-state index is 0.0281. The van der Waals surface area contributed by atoms with E-state index in [4.69, 9.17) is 16.3 Å². The van der Waals surface area contributed by atoms with Crippen molar-refractivity contribution < 1.29 is 14.3 Å². The maximum atomic E-state index is 12.2. The van der Waals surface area contributed by atoms with Crippen LogP contribution in [0.5, 0.6) is 5.75 Å². The number of piperazine rings is 1. The summed E-state index contributed by atoms with van der Waals surface area (Å²) in [6.45, 7) is 9.92. The van der Waals surface area contributed by atoms with Crippen molar-refractivity contribution in [2.75, 3.05) is 45.9 Å². The van der Waals surface area contributed by atoms with E-state index in [2.05, 4.69) is 10.2 Å². The number of nitrogens with zero attached hydrogens (tertiary/aromatic N) is 2. The molecule has 1 aliphatic heterocycles. The molecule has 6 nitrogen and oxygen atoms in total. The summed E-state index contributed by atoms with van der Waals surface area (Å²) >= 11 is 5.85. The van der Waals surface area contributed by atoms with Crippen molar-refractivity contribution in [1.29, 1.82) is 0 Å². The molecule has 0 radical (unpaired) electrons. The molecule has 0 atom stereocenters. The van der Waals surface area contributed by atoms with Crippen LogP contribution >= 0.6 is 11.6 Å². The summed E-state index contributed by atoms with van der Waals surface area (Å²) in [5, 5.41) is 3.41. The quantitative estimate of drug-likeness (QED) is 0.819. The highest BCUT2D eigenvalue weighted by molar-refractivity contribution is 6.30. The molecule has 0 spiro atoms. The van der Waals surface area contributed by atoms with Gasteiger partial charge in [-0.05, 0) is 24.3 Å². The van der Waals surface area contributed by atoms with Crippen LogP contribution in [0.1, 0.15) is 20.8 Å². The van der Waals surface area contributed by atoms with Gasteiger partial charge in [0.1, 0.15) is 12.4 Å². The van der Waals surface area contributed by atoms with Gasteiger partial charge in [-0.15, -0.1) is 0 Å². The van der Waals surface area contributed by atoms with Gasteiger partial charge >= 0.3 is 0 Å². The van der Waals surface area contributed by atoms with Crippen LogP contribution in [0.15, 0.2) is 24.3 Å². The molecule has 2 amide bonds. The standard InChI is InChI=1S/C19H28ClN3O3/c1-19(2,3)18(25)21-14-17(24)23-10-8-22(9-11-23)12-13-26-16-6-4-15(20)5-7-16/h4-7H,8-14H2,1-3H3,(H,21,25). The van der Waals surface area contributed by atoms with Crippen LogP contribution in [0, 0.1) is 5.41 Å². The predicted octanol–water partition coefficient (Wildman–Crippen LogP) is 2.03. The van der Waals surface area contributed by atoms with Crippen molar-refractivity contribution in [1.82, 2.24) is 15.1 Å². The molecule has 1 aromatic carbocycles. The van der Waals surface area contributed by atoms with Crippen molar-refractivity contribution in [2.24, 2.45) is 5.41 Å². The molecular weight excluding hydrogens is 354 g/mol. The van der Waals surface area contributed by atoms with Gasteiger partial charge in [0.15, 0.2) is 0 Å². The van der Waals surface area contributed by atoms with Crippen molar-refractivity contribution in [3.63, 3.8) is 0 Å². The molecule has 1 heterocycles. The van der Waals surface area contributed by atoms with Crippen molar-refractivity contribution in [2.45, 2.75) is 20.8 Å². The van der Waals surface area contributed by atoms with Crippen molar-refractivity contribution in [3.8, 4) is 5.75 Å². The Morgan fingerprint density at radius 3 is 2.31 bits per heavy atom. The zero-order chi connectivity index (χ0) is 19.2. The van der Waals surface area contributed by atoms with Crippen molar-refractivity contribution >= 4 is 23.4 Å².